The fourth-order valence-electron chi connectivity index (χ4n) is 3.87. The normalized spacial score (nSPS) is 22.0. The lowest BCUT2D eigenvalue weighted by atomic mass is 9.96. The Morgan fingerprint density at radius 1 is 1.28 bits per heavy atom. The van der Waals surface area contributed by atoms with Crippen LogP contribution in [0.4, 0.5) is 0 Å². The van der Waals surface area contributed by atoms with Crippen LogP contribution in [0.15, 0.2) is 43.0 Å². The molecule has 1 aromatic heterocycles. The maximum atomic E-state index is 12.5. The summed E-state index contributed by atoms with van der Waals surface area (Å²) in [5.41, 5.74) is 1.52. The van der Waals surface area contributed by atoms with E-state index in [4.69, 9.17) is 0 Å². The number of nitrogens with zero attached hydrogens (tertiary/aromatic N) is 4. The molecule has 2 fully saturated rings. The van der Waals surface area contributed by atoms with Gasteiger partial charge in [-0.2, -0.15) is 5.10 Å². The van der Waals surface area contributed by atoms with Crippen LogP contribution in [0.5, 0.6) is 0 Å². The molecule has 0 bridgehead atoms. The van der Waals surface area contributed by atoms with E-state index in [1.165, 1.54) is 5.56 Å². The van der Waals surface area contributed by atoms with E-state index in [2.05, 4.69) is 44.6 Å². The van der Waals surface area contributed by atoms with Gasteiger partial charge in [0.25, 0.3) is 0 Å². The predicted molar refractivity (Wildman–Crippen MR) is 95.0 cm³/mol. The zero-order valence-electron chi connectivity index (χ0n) is 14.5. The lowest BCUT2D eigenvalue weighted by Gasteiger charge is -2.24. The van der Waals surface area contributed by atoms with Gasteiger partial charge in [-0.05, 0) is 37.8 Å². The van der Waals surface area contributed by atoms with Crippen molar-refractivity contribution in [2.24, 2.45) is 0 Å². The lowest BCUT2D eigenvalue weighted by Crippen LogP contribution is -2.43. The molecule has 2 aromatic rings. The molecule has 6 heteroatoms. The highest BCUT2D eigenvalue weighted by Crippen LogP contribution is 2.47. The first-order valence-electron chi connectivity index (χ1n) is 9.14. The van der Waals surface area contributed by atoms with Gasteiger partial charge in [0.05, 0.1) is 13.1 Å². The number of carbonyl (C=O) groups excluding carboxylic acids is 1. The third kappa shape index (κ3) is 3.74. The van der Waals surface area contributed by atoms with Crippen LogP contribution in [-0.4, -0.2) is 51.2 Å². The Kier molecular flexibility index (Phi) is 4.53. The zero-order valence-corrected chi connectivity index (χ0v) is 14.5. The molecule has 1 N–H and O–H groups in total. The maximum absolute atomic E-state index is 12.5. The fourth-order valence-corrected chi connectivity index (χ4v) is 3.87. The van der Waals surface area contributed by atoms with E-state index in [1.54, 1.807) is 12.7 Å². The van der Waals surface area contributed by atoms with Crippen LogP contribution in [0.25, 0.3) is 0 Å². The van der Waals surface area contributed by atoms with E-state index < -0.39 is 0 Å². The van der Waals surface area contributed by atoms with Crippen molar-refractivity contribution in [3.63, 3.8) is 0 Å². The molecule has 2 heterocycles. The number of benzene rings is 1. The number of likely N-dealkylation sites (tertiary alicyclic amines) is 1. The number of aromatic nitrogens is 3. The molecular weight excluding hydrogens is 314 g/mol. The molecule has 1 unspecified atom stereocenters. The van der Waals surface area contributed by atoms with Crippen molar-refractivity contribution in [3.8, 4) is 0 Å². The second-order valence-electron chi connectivity index (χ2n) is 7.31. The third-order valence-electron chi connectivity index (χ3n) is 5.57. The first-order chi connectivity index (χ1) is 12.3. The SMILES string of the molecule is O=C(CN1CCCC1Cn1cncn1)NCC1(c2ccccc2)CC1. The standard InChI is InChI=1S/C19H25N5O/c25-18(21-13-19(8-9-19)16-5-2-1-3-6-16)12-23-10-4-7-17(23)11-24-15-20-14-22-24/h1-3,5-6,14-15,17H,4,7-13H2,(H,21,25). The predicted octanol–water partition coefficient (Wildman–Crippen LogP) is 1.59. The largest absolute Gasteiger partial charge is 0.354 e. The van der Waals surface area contributed by atoms with E-state index in [9.17, 15) is 4.79 Å². The molecule has 1 aromatic carbocycles. The van der Waals surface area contributed by atoms with Gasteiger partial charge in [-0.1, -0.05) is 30.3 Å². The summed E-state index contributed by atoms with van der Waals surface area (Å²) in [6, 6.07) is 10.9. The molecule has 0 radical (unpaired) electrons. The fraction of sp³-hybridized carbons (Fsp3) is 0.526. The summed E-state index contributed by atoms with van der Waals surface area (Å²) in [4.78, 5) is 18.7. The van der Waals surface area contributed by atoms with Crippen LogP contribution in [0.1, 0.15) is 31.2 Å². The molecule has 1 amide bonds. The summed E-state index contributed by atoms with van der Waals surface area (Å²) in [6.07, 6.45) is 7.88. The van der Waals surface area contributed by atoms with Crippen molar-refractivity contribution in [2.75, 3.05) is 19.6 Å². The topological polar surface area (TPSA) is 63.1 Å². The number of hydrogen-bond acceptors (Lipinski definition) is 4. The third-order valence-corrected chi connectivity index (χ3v) is 5.57. The van der Waals surface area contributed by atoms with Crippen molar-refractivity contribution in [2.45, 2.75) is 43.7 Å². The Bertz CT molecular complexity index is 696. The molecule has 4 rings (SSSR count). The molecule has 6 nitrogen and oxygen atoms in total. The van der Waals surface area contributed by atoms with Crippen molar-refractivity contribution in [3.05, 3.63) is 48.5 Å². The molecule has 2 aliphatic rings. The number of hydrogen-bond donors (Lipinski definition) is 1. The molecule has 1 aliphatic heterocycles. The number of nitrogens with one attached hydrogen (secondary N) is 1. The molecule has 1 atom stereocenters. The van der Waals surface area contributed by atoms with Crippen molar-refractivity contribution in [1.29, 1.82) is 0 Å². The Balaban J connectivity index is 1.29. The van der Waals surface area contributed by atoms with E-state index in [1.807, 2.05) is 10.7 Å². The Labute approximate surface area is 148 Å². The minimum absolute atomic E-state index is 0.132. The van der Waals surface area contributed by atoms with Crippen LogP contribution in [0, 0.1) is 0 Å². The van der Waals surface area contributed by atoms with Gasteiger partial charge in [0.15, 0.2) is 0 Å². The average Bonchev–Trinajstić information content (AvgIpc) is 3.02. The quantitative estimate of drug-likeness (QED) is 0.832. The minimum Gasteiger partial charge on any atom is -0.354 e. The van der Waals surface area contributed by atoms with Crippen molar-refractivity contribution < 1.29 is 4.79 Å². The number of rotatable bonds is 7. The van der Waals surface area contributed by atoms with Gasteiger partial charge in [-0.25, -0.2) is 4.98 Å². The average molecular weight is 339 g/mol. The van der Waals surface area contributed by atoms with E-state index >= 15 is 0 Å². The molecule has 25 heavy (non-hydrogen) atoms. The smallest absolute Gasteiger partial charge is 0.234 e. The first-order valence-corrected chi connectivity index (χ1v) is 9.14. The molecular formula is C19H25N5O. The zero-order chi connectivity index (χ0) is 17.1. The number of amides is 1. The maximum Gasteiger partial charge on any atom is 0.234 e. The summed E-state index contributed by atoms with van der Waals surface area (Å²) in [6.45, 7) is 3.01. The van der Waals surface area contributed by atoms with Gasteiger partial charge in [-0.3, -0.25) is 14.4 Å². The molecule has 132 valence electrons. The second-order valence-corrected chi connectivity index (χ2v) is 7.31. The van der Waals surface area contributed by atoms with Gasteiger partial charge in [0, 0.05) is 18.0 Å². The van der Waals surface area contributed by atoms with Gasteiger partial charge in [0.1, 0.15) is 12.7 Å². The van der Waals surface area contributed by atoms with Gasteiger partial charge in [-0.15, -0.1) is 0 Å². The van der Waals surface area contributed by atoms with Crippen LogP contribution < -0.4 is 5.32 Å². The highest BCUT2D eigenvalue weighted by atomic mass is 16.2. The van der Waals surface area contributed by atoms with Crippen LogP contribution in [0.3, 0.4) is 0 Å². The van der Waals surface area contributed by atoms with E-state index in [0.29, 0.717) is 12.6 Å². The van der Waals surface area contributed by atoms with Crippen LogP contribution >= 0.6 is 0 Å². The highest BCUT2D eigenvalue weighted by molar-refractivity contribution is 5.78. The Morgan fingerprint density at radius 3 is 2.84 bits per heavy atom. The monoisotopic (exact) mass is 339 g/mol. The Morgan fingerprint density at radius 2 is 2.12 bits per heavy atom. The summed E-state index contributed by atoms with van der Waals surface area (Å²) < 4.78 is 1.86. The summed E-state index contributed by atoms with van der Waals surface area (Å²) in [7, 11) is 0. The first kappa shape index (κ1) is 16.3. The summed E-state index contributed by atoms with van der Waals surface area (Å²) >= 11 is 0. The second kappa shape index (κ2) is 6.96. The number of carbonyl (C=O) groups is 1. The summed E-state index contributed by atoms with van der Waals surface area (Å²) in [5, 5.41) is 7.36. The minimum atomic E-state index is 0.132. The molecule has 0 spiro atoms. The van der Waals surface area contributed by atoms with Crippen LogP contribution in [-0.2, 0) is 16.8 Å². The Hall–Kier alpha value is -2.21. The van der Waals surface area contributed by atoms with Crippen LogP contribution in [0.2, 0.25) is 0 Å². The summed E-state index contributed by atoms with van der Waals surface area (Å²) in [5.74, 6) is 0.132. The van der Waals surface area contributed by atoms with E-state index in [-0.39, 0.29) is 11.3 Å². The molecule has 1 aliphatic carbocycles. The van der Waals surface area contributed by atoms with Gasteiger partial charge in [0.2, 0.25) is 5.91 Å². The van der Waals surface area contributed by atoms with Gasteiger partial charge >= 0.3 is 0 Å². The van der Waals surface area contributed by atoms with Gasteiger partial charge < -0.3 is 5.32 Å². The van der Waals surface area contributed by atoms with Crippen molar-refractivity contribution in [1.82, 2.24) is 25.0 Å². The van der Waals surface area contributed by atoms with E-state index in [0.717, 1.165) is 45.3 Å². The molecule has 1 saturated carbocycles. The lowest BCUT2D eigenvalue weighted by molar-refractivity contribution is -0.122. The highest BCUT2D eigenvalue weighted by Gasteiger charge is 2.44. The molecule has 1 saturated heterocycles. The van der Waals surface area contributed by atoms with Crippen molar-refractivity contribution >= 4 is 5.91 Å².